The molecule has 1 saturated heterocycles. The zero-order chi connectivity index (χ0) is 12.4. The van der Waals surface area contributed by atoms with E-state index in [2.05, 4.69) is 17.0 Å². The number of morpholine rings is 1. The summed E-state index contributed by atoms with van der Waals surface area (Å²) in [7, 11) is 0. The van der Waals surface area contributed by atoms with Gasteiger partial charge in [0.1, 0.15) is 5.75 Å². The van der Waals surface area contributed by atoms with Gasteiger partial charge in [0, 0.05) is 36.5 Å². The van der Waals surface area contributed by atoms with Gasteiger partial charge in [0.2, 0.25) is 0 Å². The fourth-order valence-corrected chi connectivity index (χ4v) is 3.02. The summed E-state index contributed by atoms with van der Waals surface area (Å²) in [6.07, 6.45) is 0. The van der Waals surface area contributed by atoms with Crippen LogP contribution < -0.4 is 4.74 Å². The molecule has 1 fully saturated rings. The maximum Gasteiger partial charge on any atom is 0.122 e. The number of alkyl halides is 1. The van der Waals surface area contributed by atoms with E-state index in [9.17, 15) is 0 Å². The number of hydrogen-bond acceptors (Lipinski definition) is 3. The molecule has 0 aromatic heterocycles. The molecule has 98 valence electrons. The van der Waals surface area contributed by atoms with Crippen molar-refractivity contribution in [3.8, 4) is 5.75 Å². The Balaban J connectivity index is 1.70. The van der Waals surface area contributed by atoms with Gasteiger partial charge in [-0.25, -0.2) is 0 Å². The Kier molecular flexibility index (Phi) is 3.73. The number of halogens is 1. The maximum absolute atomic E-state index is 6.01. The van der Waals surface area contributed by atoms with Crippen molar-refractivity contribution in [2.45, 2.75) is 12.0 Å². The van der Waals surface area contributed by atoms with Gasteiger partial charge in [-0.05, 0) is 6.07 Å². The molecule has 2 heterocycles. The normalized spacial score (nSPS) is 27.8. The molecular weight excluding hydrogens is 250 g/mol. The first-order chi connectivity index (χ1) is 8.88. The lowest BCUT2D eigenvalue weighted by Gasteiger charge is -2.35. The van der Waals surface area contributed by atoms with Gasteiger partial charge in [-0.1, -0.05) is 18.2 Å². The van der Waals surface area contributed by atoms with Gasteiger partial charge in [-0.2, -0.15) is 0 Å². The van der Waals surface area contributed by atoms with Gasteiger partial charge in [0.25, 0.3) is 0 Å². The highest BCUT2D eigenvalue weighted by molar-refractivity contribution is 6.18. The first kappa shape index (κ1) is 12.3. The molecule has 0 bridgehead atoms. The van der Waals surface area contributed by atoms with Crippen molar-refractivity contribution in [1.82, 2.24) is 4.90 Å². The molecule has 2 unspecified atom stereocenters. The van der Waals surface area contributed by atoms with Crippen molar-refractivity contribution in [2.24, 2.45) is 0 Å². The Morgan fingerprint density at radius 2 is 2.17 bits per heavy atom. The summed E-state index contributed by atoms with van der Waals surface area (Å²) in [5, 5.41) is 0. The fraction of sp³-hybridized carbons (Fsp3) is 0.571. The van der Waals surface area contributed by atoms with E-state index >= 15 is 0 Å². The third kappa shape index (κ3) is 2.35. The Morgan fingerprint density at radius 3 is 3.06 bits per heavy atom. The van der Waals surface area contributed by atoms with Gasteiger partial charge in [0.05, 0.1) is 19.8 Å². The number of ether oxygens (including phenoxy) is 2. The summed E-state index contributed by atoms with van der Waals surface area (Å²) in [5.41, 5.74) is 1.33. The summed E-state index contributed by atoms with van der Waals surface area (Å²) in [4.78, 5) is 2.44. The second-order valence-corrected chi connectivity index (χ2v) is 5.23. The fourth-order valence-electron chi connectivity index (χ4n) is 2.74. The lowest BCUT2D eigenvalue weighted by Crippen LogP contribution is -2.48. The molecular formula is C14H18ClNO2. The molecule has 1 aromatic rings. The zero-order valence-electron chi connectivity index (χ0n) is 10.3. The van der Waals surface area contributed by atoms with Crippen LogP contribution >= 0.6 is 11.6 Å². The van der Waals surface area contributed by atoms with Crippen molar-refractivity contribution >= 4 is 11.6 Å². The van der Waals surface area contributed by atoms with E-state index in [0.29, 0.717) is 17.8 Å². The maximum atomic E-state index is 6.01. The van der Waals surface area contributed by atoms with Gasteiger partial charge >= 0.3 is 0 Å². The smallest absolute Gasteiger partial charge is 0.122 e. The van der Waals surface area contributed by atoms with E-state index in [1.54, 1.807) is 0 Å². The lowest BCUT2D eigenvalue weighted by atomic mass is 10.00. The topological polar surface area (TPSA) is 21.7 Å². The number of fused-ring (bicyclic) bond motifs is 1. The van der Waals surface area contributed by atoms with Gasteiger partial charge in [-0.3, -0.25) is 4.90 Å². The molecule has 0 saturated carbocycles. The number of benzene rings is 1. The largest absolute Gasteiger partial charge is 0.493 e. The van der Waals surface area contributed by atoms with E-state index < -0.39 is 0 Å². The van der Waals surface area contributed by atoms with E-state index in [4.69, 9.17) is 21.1 Å². The van der Waals surface area contributed by atoms with Crippen molar-refractivity contribution in [3.05, 3.63) is 29.8 Å². The first-order valence-corrected chi connectivity index (χ1v) is 7.01. The Hall–Kier alpha value is -0.770. The van der Waals surface area contributed by atoms with Gasteiger partial charge in [0.15, 0.2) is 0 Å². The molecule has 4 heteroatoms. The number of para-hydroxylation sites is 1. The van der Waals surface area contributed by atoms with Crippen molar-refractivity contribution in [1.29, 1.82) is 0 Å². The molecule has 1 aromatic carbocycles. The molecule has 0 N–H and O–H groups in total. The standard InChI is InChI=1S/C14H18ClNO2/c15-7-12-10-17-6-5-16(12)8-11-9-18-14-4-2-1-3-13(11)14/h1-4,11-12H,5-10H2. The summed E-state index contributed by atoms with van der Waals surface area (Å²) < 4.78 is 11.2. The van der Waals surface area contributed by atoms with Crippen LogP contribution in [0.5, 0.6) is 5.75 Å². The van der Waals surface area contributed by atoms with E-state index in [-0.39, 0.29) is 0 Å². The van der Waals surface area contributed by atoms with E-state index in [1.165, 1.54) is 5.56 Å². The molecule has 2 atom stereocenters. The van der Waals surface area contributed by atoms with Crippen LogP contribution in [0.1, 0.15) is 11.5 Å². The van der Waals surface area contributed by atoms with E-state index in [0.717, 1.165) is 38.7 Å². The molecule has 2 aliphatic rings. The van der Waals surface area contributed by atoms with Crippen LogP contribution in [0.2, 0.25) is 0 Å². The lowest BCUT2D eigenvalue weighted by molar-refractivity contribution is -0.00243. The van der Waals surface area contributed by atoms with Crippen LogP contribution in [0.15, 0.2) is 24.3 Å². The van der Waals surface area contributed by atoms with Crippen LogP contribution in [0.25, 0.3) is 0 Å². The molecule has 2 aliphatic heterocycles. The first-order valence-electron chi connectivity index (χ1n) is 6.48. The van der Waals surface area contributed by atoms with E-state index in [1.807, 2.05) is 12.1 Å². The minimum atomic E-state index is 0.341. The van der Waals surface area contributed by atoms with Gasteiger partial charge in [-0.15, -0.1) is 11.6 Å². The van der Waals surface area contributed by atoms with Crippen LogP contribution in [-0.2, 0) is 4.74 Å². The summed E-state index contributed by atoms with van der Waals surface area (Å²) >= 11 is 6.01. The van der Waals surface area contributed by atoms with Crippen LogP contribution in [0.4, 0.5) is 0 Å². The number of hydrogen-bond donors (Lipinski definition) is 0. The minimum absolute atomic E-state index is 0.341. The van der Waals surface area contributed by atoms with Crippen LogP contribution in [0.3, 0.4) is 0 Å². The molecule has 0 aliphatic carbocycles. The minimum Gasteiger partial charge on any atom is -0.493 e. The Bertz CT molecular complexity index is 413. The zero-order valence-corrected chi connectivity index (χ0v) is 11.1. The SMILES string of the molecule is ClCC1COCCN1CC1COc2ccccc21. The van der Waals surface area contributed by atoms with Crippen molar-refractivity contribution in [2.75, 3.05) is 38.8 Å². The highest BCUT2D eigenvalue weighted by Gasteiger charge is 2.29. The highest BCUT2D eigenvalue weighted by atomic mass is 35.5. The summed E-state index contributed by atoms with van der Waals surface area (Å²) in [6, 6.07) is 8.67. The predicted molar refractivity (Wildman–Crippen MR) is 71.6 cm³/mol. The molecule has 0 amide bonds. The third-order valence-corrected chi connectivity index (χ3v) is 4.14. The second-order valence-electron chi connectivity index (χ2n) is 4.92. The molecule has 0 radical (unpaired) electrons. The van der Waals surface area contributed by atoms with Crippen LogP contribution in [-0.4, -0.2) is 49.7 Å². The second kappa shape index (κ2) is 5.47. The predicted octanol–water partition coefficient (Wildman–Crippen LogP) is 2.10. The molecule has 18 heavy (non-hydrogen) atoms. The number of nitrogens with zero attached hydrogens (tertiary/aromatic N) is 1. The monoisotopic (exact) mass is 267 g/mol. The van der Waals surface area contributed by atoms with Crippen LogP contribution in [0, 0.1) is 0 Å². The quantitative estimate of drug-likeness (QED) is 0.783. The molecule has 3 nitrogen and oxygen atoms in total. The number of rotatable bonds is 3. The Labute approximate surface area is 113 Å². The molecule has 0 spiro atoms. The summed E-state index contributed by atoms with van der Waals surface area (Å²) in [6.45, 7) is 4.32. The van der Waals surface area contributed by atoms with Crippen molar-refractivity contribution in [3.63, 3.8) is 0 Å². The highest BCUT2D eigenvalue weighted by Crippen LogP contribution is 2.34. The average Bonchev–Trinajstić information content (AvgIpc) is 2.83. The summed E-state index contributed by atoms with van der Waals surface area (Å²) in [5.74, 6) is 2.14. The van der Waals surface area contributed by atoms with Crippen molar-refractivity contribution < 1.29 is 9.47 Å². The Morgan fingerprint density at radius 1 is 1.28 bits per heavy atom. The molecule has 3 rings (SSSR count). The average molecular weight is 268 g/mol. The van der Waals surface area contributed by atoms with Gasteiger partial charge < -0.3 is 9.47 Å². The third-order valence-electron chi connectivity index (χ3n) is 3.78.